The number of pyridine rings is 1. The van der Waals surface area contributed by atoms with Crippen LogP contribution >= 0.6 is 0 Å². The molecular formula is C39H29NO2. The van der Waals surface area contributed by atoms with E-state index in [4.69, 9.17) is 14.5 Å². The van der Waals surface area contributed by atoms with Crippen molar-refractivity contribution in [2.24, 2.45) is 0 Å². The Morgan fingerprint density at radius 1 is 0.476 bits per heavy atom. The quantitative estimate of drug-likeness (QED) is 0.196. The van der Waals surface area contributed by atoms with Gasteiger partial charge in [0.25, 0.3) is 0 Å². The van der Waals surface area contributed by atoms with Crippen LogP contribution in [0.15, 0.2) is 140 Å². The number of hydrogen-bond acceptors (Lipinski definition) is 3. The van der Waals surface area contributed by atoms with Crippen LogP contribution in [-0.2, 0) is 0 Å². The van der Waals surface area contributed by atoms with E-state index in [0.29, 0.717) is 5.69 Å². The largest absolute Gasteiger partial charge is 0.497 e. The molecule has 0 N–H and O–H groups in total. The van der Waals surface area contributed by atoms with Crippen molar-refractivity contribution in [2.75, 3.05) is 14.2 Å². The normalized spacial score (nSPS) is 10.4. The summed E-state index contributed by atoms with van der Waals surface area (Å²) in [6.07, 6.45) is 1.84. The van der Waals surface area contributed by atoms with E-state index in [-0.39, 0.29) is 0 Å². The highest BCUT2D eigenvalue weighted by Crippen LogP contribution is 2.47. The summed E-state index contributed by atoms with van der Waals surface area (Å²) in [5.74, 6) is 8.37. The Morgan fingerprint density at radius 2 is 1.00 bits per heavy atom. The highest BCUT2D eigenvalue weighted by atomic mass is 16.5. The van der Waals surface area contributed by atoms with Crippen molar-refractivity contribution >= 4 is 0 Å². The lowest BCUT2D eigenvalue weighted by atomic mass is 9.83. The standard InChI is InChI=1S/C39H29NO2/c1-41-32-21-19-31(20-22-32)34-24-25-40-37(23-18-28-12-6-3-7-13-28)39(34)38-35(29-14-8-4-9-15-29)26-33(42-2)27-36(38)30-16-10-5-11-17-30/h3-17,19-22,24-27H,1-2H3. The molecule has 3 nitrogen and oxygen atoms in total. The average molecular weight is 544 g/mol. The molecule has 0 fully saturated rings. The molecule has 0 radical (unpaired) electrons. The second kappa shape index (κ2) is 12.3. The second-order valence-electron chi connectivity index (χ2n) is 9.76. The van der Waals surface area contributed by atoms with E-state index in [2.05, 4.69) is 90.7 Å². The van der Waals surface area contributed by atoms with Gasteiger partial charge in [-0.25, -0.2) is 4.98 Å². The Labute approximate surface area is 247 Å². The molecule has 0 atom stereocenters. The van der Waals surface area contributed by atoms with Crippen LogP contribution < -0.4 is 9.47 Å². The van der Waals surface area contributed by atoms with Crippen molar-refractivity contribution in [1.29, 1.82) is 0 Å². The summed E-state index contributed by atoms with van der Waals surface area (Å²) in [7, 11) is 3.39. The Morgan fingerprint density at radius 3 is 1.55 bits per heavy atom. The van der Waals surface area contributed by atoms with Crippen LogP contribution in [0.5, 0.6) is 11.5 Å². The molecule has 1 heterocycles. The highest BCUT2D eigenvalue weighted by Gasteiger charge is 2.22. The number of hydrogen-bond donors (Lipinski definition) is 0. The Hall–Kier alpha value is -5.59. The third-order valence-corrected chi connectivity index (χ3v) is 7.22. The average Bonchev–Trinajstić information content (AvgIpc) is 3.08. The van der Waals surface area contributed by atoms with Crippen molar-refractivity contribution in [3.63, 3.8) is 0 Å². The van der Waals surface area contributed by atoms with Gasteiger partial charge in [-0.05, 0) is 81.8 Å². The molecule has 0 unspecified atom stereocenters. The van der Waals surface area contributed by atoms with Crippen LogP contribution in [0.25, 0.3) is 44.5 Å². The van der Waals surface area contributed by atoms with Crippen molar-refractivity contribution in [2.45, 2.75) is 0 Å². The zero-order valence-electron chi connectivity index (χ0n) is 23.5. The van der Waals surface area contributed by atoms with Crippen LogP contribution in [-0.4, -0.2) is 19.2 Å². The van der Waals surface area contributed by atoms with E-state index < -0.39 is 0 Å². The van der Waals surface area contributed by atoms with Crippen LogP contribution in [0, 0.1) is 11.8 Å². The van der Waals surface area contributed by atoms with Gasteiger partial charge in [-0.2, -0.15) is 0 Å². The molecule has 0 amide bonds. The topological polar surface area (TPSA) is 31.4 Å². The maximum Gasteiger partial charge on any atom is 0.121 e. The Kier molecular flexibility index (Phi) is 7.79. The molecular weight excluding hydrogens is 514 g/mol. The molecule has 0 saturated carbocycles. The van der Waals surface area contributed by atoms with E-state index in [1.165, 1.54) is 0 Å². The molecule has 6 aromatic rings. The molecule has 0 aliphatic rings. The summed E-state index contributed by atoms with van der Waals surface area (Å²) < 4.78 is 11.3. The maximum absolute atomic E-state index is 5.85. The first-order chi connectivity index (χ1) is 20.7. The van der Waals surface area contributed by atoms with Crippen molar-refractivity contribution in [3.8, 4) is 67.8 Å². The van der Waals surface area contributed by atoms with Gasteiger partial charge in [0.2, 0.25) is 0 Å². The molecule has 5 aromatic carbocycles. The van der Waals surface area contributed by atoms with Gasteiger partial charge in [0, 0.05) is 22.9 Å². The van der Waals surface area contributed by atoms with Crippen LogP contribution in [0.3, 0.4) is 0 Å². The zero-order chi connectivity index (χ0) is 28.7. The predicted molar refractivity (Wildman–Crippen MR) is 172 cm³/mol. The monoisotopic (exact) mass is 543 g/mol. The fourth-order valence-electron chi connectivity index (χ4n) is 5.17. The van der Waals surface area contributed by atoms with Crippen molar-refractivity contribution in [3.05, 3.63) is 151 Å². The van der Waals surface area contributed by atoms with Gasteiger partial charge in [0.15, 0.2) is 0 Å². The van der Waals surface area contributed by atoms with Crippen LogP contribution in [0.2, 0.25) is 0 Å². The molecule has 0 bridgehead atoms. The third kappa shape index (κ3) is 5.52. The summed E-state index contributed by atoms with van der Waals surface area (Å²) in [6, 6.07) is 45.3. The highest BCUT2D eigenvalue weighted by molar-refractivity contribution is 6.01. The van der Waals surface area contributed by atoms with Gasteiger partial charge in [0.05, 0.1) is 14.2 Å². The fourth-order valence-corrected chi connectivity index (χ4v) is 5.17. The summed E-state index contributed by atoms with van der Waals surface area (Å²) in [6.45, 7) is 0. The lowest BCUT2D eigenvalue weighted by Gasteiger charge is -2.21. The van der Waals surface area contributed by atoms with Crippen LogP contribution in [0.1, 0.15) is 11.3 Å². The minimum atomic E-state index is 0.701. The van der Waals surface area contributed by atoms with E-state index in [9.17, 15) is 0 Å². The van der Waals surface area contributed by atoms with Crippen molar-refractivity contribution < 1.29 is 9.47 Å². The molecule has 0 aliphatic carbocycles. The third-order valence-electron chi connectivity index (χ3n) is 7.22. The Balaban J connectivity index is 1.73. The van der Waals surface area contributed by atoms with Gasteiger partial charge in [0.1, 0.15) is 17.2 Å². The first kappa shape index (κ1) is 26.6. The summed E-state index contributed by atoms with van der Waals surface area (Å²) in [4.78, 5) is 4.87. The predicted octanol–water partition coefficient (Wildman–Crippen LogP) is 9.17. The minimum Gasteiger partial charge on any atom is -0.497 e. The molecule has 3 heteroatoms. The van der Waals surface area contributed by atoms with Gasteiger partial charge in [-0.15, -0.1) is 0 Å². The molecule has 0 saturated heterocycles. The summed E-state index contributed by atoms with van der Waals surface area (Å²) >= 11 is 0. The number of ether oxygens (including phenoxy) is 2. The number of nitrogens with zero attached hydrogens (tertiary/aromatic N) is 1. The zero-order valence-corrected chi connectivity index (χ0v) is 23.5. The van der Waals surface area contributed by atoms with Gasteiger partial charge >= 0.3 is 0 Å². The maximum atomic E-state index is 5.85. The van der Waals surface area contributed by atoms with Gasteiger partial charge < -0.3 is 9.47 Å². The number of rotatable bonds is 6. The number of aromatic nitrogens is 1. The fraction of sp³-hybridized carbons (Fsp3) is 0.0513. The minimum absolute atomic E-state index is 0.701. The number of benzene rings is 5. The lowest BCUT2D eigenvalue weighted by Crippen LogP contribution is -1.99. The molecule has 42 heavy (non-hydrogen) atoms. The van der Waals surface area contributed by atoms with E-state index in [0.717, 1.165) is 61.6 Å². The lowest BCUT2D eigenvalue weighted by molar-refractivity contribution is 0.415. The van der Waals surface area contributed by atoms with Gasteiger partial charge in [-0.3, -0.25) is 0 Å². The smallest absolute Gasteiger partial charge is 0.121 e. The molecule has 202 valence electrons. The first-order valence-electron chi connectivity index (χ1n) is 13.8. The van der Waals surface area contributed by atoms with Gasteiger partial charge in [-0.1, -0.05) is 96.9 Å². The summed E-state index contributed by atoms with van der Waals surface area (Å²) in [5.41, 5.74) is 9.96. The van der Waals surface area contributed by atoms with Crippen LogP contribution in [0.4, 0.5) is 0 Å². The van der Waals surface area contributed by atoms with Crippen molar-refractivity contribution in [1.82, 2.24) is 4.98 Å². The molecule has 1 aromatic heterocycles. The molecule has 6 rings (SSSR count). The van der Waals surface area contributed by atoms with E-state index in [1.807, 2.05) is 60.8 Å². The summed E-state index contributed by atoms with van der Waals surface area (Å²) in [5, 5.41) is 0. The first-order valence-corrected chi connectivity index (χ1v) is 13.8. The van der Waals surface area contributed by atoms with E-state index in [1.54, 1.807) is 14.2 Å². The molecule has 0 aliphatic heterocycles. The molecule has 0 spiro atoms. The number of methoxy groups -OCH3 is 2. The second-order valence-corrected chi connectivity index (χ2v) is 9.76. The SMILES string of the molecule is COc1ccc(-c2ccnc(C#Cc3ccccc3)c2-c2c(-c3ccccc3)cc(OC)cc2-c2ccccc2)cc1. The van der Waals surface area contributed by atoms with E-state index >= 15 is 0 Å². The Bertz CT molecular complexity index is 1810.